The van der Waals surface area contributed by atoms with Crippen molar-refractivity contribution in [2.45, 2.75) is 0 Å². The molecule has 0 aliphatic carbocycles. The van der Waals surface area contributed by atoms with E-state index in [1.807, 2.05) is 4.90 Å². The highest BCUT2D eigenvalue weighted by Crippen LogP contribution is 2.14. The molecule has 1 fully saturated rings. The highest BCUT2D eigenvalue weighted by atomic mass is 35.5. The van der Waals surface area contributed by atoms with Crippen molar-refractivity contribution in [3.8, 4) is 0 Å². The lowest BCUT2D eigenvalue weighted by Gasteiger charge is -2.34. The number of carbonyl (C=O) groups is 1. The van der Waals surface area contributed by atoms with Crippen molar-refractivity contribution in [2.75, 3.05) is 31.1 Å². The third-order valence-corrected chi connectivity index (χ3v) is 3.75. The van der Waals surface area contributed by atoms with Gasteiger partial charge in [0.2, 0.25) is 5.95 Å². The largest absolute Gasteiger partial charge is 0.337 e. The van der Waals surface area contributed by atoms with Gasteiger partial charge in [-0.3, -0.25) is 4.79 Å². The van der Waals surface area contributed by atoms with Gasteiger partial charge in [-0.25, -0.2) is 9.97 Å². The Morgan fingerprint density at radius 2 is 1.62 bits per heavy atom. The quantitative estimate of drug-likeness (QED) is 0.852. The van der Waals surface area contributed by atoms with Gasteiger partial charge in [0.15, 0.2) is 0 Å². The number of nitrogens with zero attached hydrogens (tertiary/aromatic N) is 4. The first-order valence-electron chi connectivity index (χ1n) is 6.81. The average Bonchev–Trinajstić information content (AvgIpc) is 2.56. The predicted octanol–water partition coefficient (Wildman–Crippen LogP) is 2.09. The number of hydrogen-bond acceptors (Lipinski definition) is 4. The summed E-state index contributed by atoms with van der Waals surface area (Å²) < 4.78 is 0. The van der Waals surface area contributed by atoms with Crippen LogP contribution in [0, 0.1) is 0 Å². The van der Waals surface area contributed by atoms with Gasteiger partial charge < -0.3 is 9.80 Å². The fourth-order valence-electron chi connectivity index (χ4n) is 2.34. The zero-order valence-corrected chi connectivity index (χ0v) is 12.2. The van der Waals surface area contributed by atoms with Gasteiger partial charge in [0.1, 0.15) is 0 Å². The van der Waals surface area contributed by atoms with Gasteiger partial charge in [0.05, 0.1) is 0 Å². The molecule has 1 aromatic carbocycles. The van der Waals surface area contributed by atoms with Crippen LogP contribution in [0.2, 0.25) is 5.02 Å². The van der Waals surface area contributed by atoms with Crippen LogP contribution in [-0.4, -0.2) is 47.0 Å². The lowest BCUT2D eigenvalue weighted by molar-refractivity contribution is 0.0746. The van der Waals surface area contributed by atoms with Crippen molar-refractivity contribution in [2.24, 2.45) is 0 Å². The Labute approximate surface area is 128 Å². The summed E-state index contributed by atoms with van der Waals surface area (Å²) in [6.07, 6.45) is 3.46. The highest BCUT2D eigenvalue weighted by Gasteiger charge is 2.23. The van der Waals surface area contributed by atoms with Crippen LogP contribution < -0.4 is 4.90 Å². The minimum absolute atomic E-state index is 0.0419. The number of anilines is 1. The van der Waals surface area contributed by atoms with E-state index in [0.717, 1.165) is 19.0 Å². The number of piperazine rings is 1. The molecule has 6 heteroatoms. The summed E-state index contributed by atoms with van der Waals surface area (Å²) in [5.41, 5.74) is 0.670. The third kappa shape index (κ3) is 3.13. The van der Waals surface area contributed by atoms with Crippen molar-refractivity contribution >= 4 is 23.5 Å². The molecule has 2 aromatic rings. The van der Waals surface area contributed by atoms with Gasteiger partial charge >= 0.3 is 0 Å². The first kappa shape index (κ1) is 13.8. The Hall–Kier alpha value is -2.14. The van der Waals surface area contributed by atoms with Gasteiger partial charge in [-0.15, -0.1) is 0 Å². The molecule has 5 nitrogen and oxygen atoms in total. The molecule has 1 aromatic heterocycles. The van der Waals surface area contributed by atoms with Crippen molar-refractivity contribution in [1.82, 2.24) is 14.9 Å². The molecule has 1 aliphatic heterocycles. The summed E-state index contributed by atoms with van der Waals surface area (Å²) in [5.74, 6) is 0.761. The molecule has 21 heavy (non-hydrogen) atoms. The third-order valence-electron chi connectivity index (χ3n) is 3.49. The minimum atomic E-state index is 0.0419. The number of rotatable bonds is 2. The van der Waals surface area contributed by atoms with Crippen LogP contribution in [-0.2, 0) is 0 Å². The average molecular weight is 303 g/mol. The van der Waals surface area contributed by atoms with E-state index in [1.165, 1.54) is 0 Å². The molecule has 0 bridgehead atoms. The molecule has 0 saturated carbocycles. The molecular weight excluding hydrogens is 288 g/mol. The van der Waals surface area contributed by atoms with Gasteiger partial charge in [-0.2, -0.15) is 0 Å². The lowest BCUT2D eigenvalue weighted by Crippen LogP contribution is -2.49. The van der Waals surface area contributed by atoms with Crippen LogP contribution in [0.25, 0.3) is 0 Å². The summed E-state index contributed by atoms with van der Waals surface area (Å²) in [6, 6.07) is 8.80. The van der Waals surface area contributed by atoms with Gasteiger partial charge in [-0.1, -0.05) is 11.6 Å². The van der Waals surface area contributed by atoms with E-state index < -0.39 is 0 Å². The van der Waals surface area contributed by atoms with E-state index >= 15 is 0 Å². The van der Waals surface area contributed by atoms with Crippen LogP contribution in [0.1, 0.15) is 10.4 Å². The van der Waals surface area contributed by atoms with Crippen LogP contribution in [0.4, 0.5) is 5.95 Å². The molecule has 0 atom stereocenters. The lowest BCUT2D eigenvalue weighted by atomic mass is 10.2. The molecule has 0 radical (unpaired) electrons. The molecular formula is C15H15ClN4O. The fraction of sp³-hybridized carbons (Fsp3) is 0.267. The Bertz CT molecular complexity index is 609. The maximum Gasteiger partial charge on any atom is 0.253 e. The summed E-state index contributed by atoms with van der Waals surface area (Å²) in [5, 5.41) is 0.637. The number of carbonyl (C=O) groups excluding carboxylic acids is 1. The number of amides is 1. The van der Waals surface area contributed by atoms with Crippen LogP contribution >= 0.6 is 11.6 Å². The standard InChI is InChI=1S/C15H15ClN4O/c16-13-4-2-12(3-5-13)14(21)19-8-10-20(11-9-19)15-17-6-1-7-18-15/h1-7H,8-11H2. The number of benzene rings is 1. The summed E-state index contributed by atoms with van der Waals surface area (Å²) in [6.45, 7) is 2.81. The molecule has 0 unspecified atom stereocenters. The van der Waals surface area contributed by atoms with Crippen molar-refractivity contribution < 1.29 is 4.79 Å². The first-order valence-corrected chi connectivity index (χ1v) is 7.18. The van der Waals surface area contributed by atoms with Crippen LogP contribution in [0.15, 0.2) is 42.7 Å². The molecule has 1 amide bonds. The monoisotopic (exact) mass is 302 g/mol. The Balaban J connectivity index is 1.63. The van der Waals surface area contributed by atoms with Crippen LogP contribution in [0.5, 0.6) is 0 Å². The van der Waals surface area contributed by atoms with Crippen molar-refractivity contribution in [3.05, 3.63) is 53.3 Å². The topological polar surface area (TPSA) is 49.3 Å². The SMILES string of the molecule is O=C(c1ccc(Cl)cc1)N1CCN(c2ncccn2)CC1. The van der Waals surface area contributed by atoms with E-state index in [9.17, 15) is 4.79 Å². The number of aromatic nitrogens is 2. The minimum Gasteiger partial charge on any atom is -0.337 e. The number of hydrogen-bond donors (Lipinski definition) is 0. The molecule has 3 rings (SSSR count). The fourth-order valence-corrected chi connectivity index (χ4v) is 2.47. The highest BCUT2D eigenvalue weighted by molar-refractivity contribution is 6.30. The van der Waals surface area contributed by atoms with E-state index in [4.69, 9.17) is 11.6 Å². The molecule has 2 heterocycles. The molecule has 0 spiro atoms. The summed E-state index contributed by atoms with van der Waals surface area (Å²) >= 11 is 5.84. The van der Waals surface area contributed by atoms with E-state index in [-0.39, 0.29) is 5.91 Å². The van der Waals surface area contributed by atoms with Gasteiger partial charge in [0.25, 0.3) is 5.91 Å². The predicted molar refractivity (Wildman–Crippen MR) is 81.6 cm³/mol. The van der Waals surface area contributed by atoms with Gasteiger partial charge in [0, 0.05) is 49.2 Å². The Kier molecular flexibility index (Phi) is 4.01. The van der Waals surface area contributed by atoms with Crippen LogP contribution in [0.3, 0.4) is 0 Å². The first-order chi connectivity index (χ1) is 10.2. The maximum absolute atomic E-state index is 12.4. The number of halogens is 1. The summed E-state index contributed by atoms with van der Waals surface area (Å²) in [4.78, 5) is 24.8. The Morgan fingerprint density at radius 3 is 2.24 bits per heavy atom. The second-order valence-electron chi connectivity index (χ2n) is 4.83. The van der Waals surface area contributed by atoms with E-state index in [2.05, 4.69) is 14.9 Å². The van der Waals surface area contributed by atoms with Gasteiger partial charge in [-0.05, 0) is 30.3 Å². The molecule has 1 saturated heterocycles. The smallest absolute Gasteiger partial charge is 0.253 e. The second kappa shape index (κ2) is 6.10. The molecule has 0 N–H and O–H groups in total. The van der Waals surface area contributed by atoms with E-state index in [1.54, 1.807) is 42.7 Å². The van der Waals surface area contributed by atoms with E-state index in [0.29, 0.717) is 23.7 Å². The summed E-state index contributed by atoms with van der Waals surface area (Å²) in [7, 11) is 0. The second-order valence-corrected chi connectivity index (χ2v) is 5.27. The molecule has 108 valence electrons. The maximum atomic E-state index is 12.4. The Morgan fingerprint density at radius 1 is 1.00 bits per heavy atom. The van der Waals surface area contributed by atoms with Crippen molar-refractivity contribution in [1.29, 1.82) is 0 Å². The normalized spacial score (nSPS) is 15.1. The zero-order chi connectivity index (χ0) is 14.7. The zero-order valence-electron chi connectivity index (χ0n) is 11.4. The van der Waals surface area contributed by atoms with Crippen molar-refractivity contribution in [3.63, 3.8) is 0 Å². The molecule has 1 aliphatic rings.